The molecule has 154 valence electrons. The number of rotatable bonds is 2. The molecule has 0 fully saturated rings. The molecule has 0 saturated carbocycles. The summed E-state index contributed by atoms with van der Waals surface area (Å²) in [5.41, 5.74) is 5.71. The van der Waals surface area contributed by atoms with Gasteiger partial charge in [0.1, 0.15) is 17.9 Å². The van der Waals surface area contributed by atoms with Crippen molar-refractivity contribution in [3.8, 4) is 39.3 Å². The molecule has 0 aliphatic carbocycles. The van der Waals surface area contributed by atoms with Gasteiger partial charge in [0.05, 0.1) is 11.3 Å². The summed E-state index contributed by atoms with van der Waals surface area (Å²) in [4.78, 5) is 17.9. The predicted molar refractivity (Wildman–Crippen MR) is 126 cm³/mol. The molecule has 0 spiro atoms. The Kier molecular flexibility index (Phi) is 4.33. The summed E-state index contributed by atoms with van der Waals surface area (Å²) in [5, 5.41) is 1.32. The second-order valence-corrected chi connectivity index (χ2v) is 8.10. The first-order valence-electron chi connectivity index (χ1n) is 10.2. The van der Waals surface area contributed by atoms with Crippen molar-refractivity contribution in [2.24, 2.45) is 0 Å². The van der Waals surface area contributed by atoms with E-state index in [2.05, 4.69) is 0 Å². The summed E-state index contributed by atoms with van der Waals surface area (Å²) in [5.74, 6) is 0.822. The summed E-state index contributed by atoms with van der Waals surface area (Å²) >= 11 is 6.33. The summed E-state index contributed by atoms with van der Waals surface area (Å²) < 4.78 is 11.6. The summed E-state index contributed by atoms with van der Waals surface area (Å²) in [6, 6.07) is 24.7. The van der Waals surface area contributed by atoms with E-state index in [1.165, 1.54) is 0 Å². The summed E-state index contributed by atoms with van der Waals surface area (Å²) in [6.45, 7) is 0.411. The van der Waals surface area contributed by atoms with Crippen LogP contribution in [-0.2, 0) is 6.61 Å². The molecular formula is C27H16ClNO3. The fraction of sp³-hybridized carbons (Fsp3) is 0.0370. The lowest BCUT2D eigenvalue weighted by Crippen LogP contribution is -2.09. The van der Waals surface area contributed by atoms with Crippen molar-refractivity contribution >= 4 is 22.6 Å². The van der Waals surface area contributed by atoms with Gasteiger partial charge in [0, 0.05) is 38.9 Å². The van der Waals surface area contributed by atoms with Gasteiger partial charge in [0.2, 0.25) is 0 Å². The van der Waals surface area contributed by atoms with Crippen molar-refractivity contribution < 1.29 is 9.15 Å². The average molecular weight is 438 g/mol. The molecule has 0 N–H and O–H groups in total. The molecule has 5 heteroatoms. The van der Waals surface area contributed by atoms with E-state index in [4.69, 9.17) is 25.7 Å². The lowest BCUT2D eigenvalue weighted by Gasteiger charge is -2.21. The molecule has 0 bridgehead atoms. The van der Waals surface area contributed by atoms with Gasteiger partial charge in [-0.05, 0) is 42.0 Å². The van der Waals surface area contributed by atoms with Gasteiger partial charge in [-0.3, -0.25) is 4.98 Å². The van der Waals surface area contributed by atoms with Gasteiger partial charge in [0.15, 0.2) is 0 Å². The second kappa shape index (κ2) is 7.36. The van der Waals surface area contributed by atoms with Crippen LogP contribution in [0.1, 0.15) is 5.56 Å². The number of pyridine rings is 1. The van der Waals surface area contributed by atoms with Crippen LogP contribution in [0, 0.1) is 0 Å². The van der Waals surface area contributed by atoms with E-state index in [0.29, 0.717) is 22.8 Å². The fourth-order valence-corrected chi connectivity index (χ4v) is 4.46. The van der Waals surface area contributed by atoms with Crippen LogP contribution < -0.4 is 10.4 Å². The minimum atomic E-state index is -0.402. The first-order chi connectivity index (χ1) is 15.7. The van der Waals surface area contributed by atoms with E-state index in [-0.39, 0.29) is 0 Å². The first-order valence-corrected chi connectivity index (χ1v) is 10.6. The number of nitrogens with zero attached hydrogens (tertiary/aromatic N) is 1. The fourth-order valence-electron chi connectivity index (χ4n) is 4.28. The van der Waals surface area contributed by atoms with Crippen molar-refractivity contribution in [2.75, 3.05) is 0 Å². The molecule has 2 aromatic heterocycles. The number of fused-ring (bicyclic) bond motifs is 4. The zero-order chi connectivity index (χ0) is 21.7. The Morgan fingerprint density at radius 1 is 0.844 bits per heavy atom. The number of aromatic nitrogens is 1. The lowest BCUT2D eigenvalue weighted by molar-refractivity contribution is 0.301. The quantitative estimate of drug-likeness (QED) is 0.287. The number of benzene rings is 3. The van der Waals surface area contributed by atoms with Crippen molar-refractivity contribution in [2.45, 2.75) is 6.61 Å². The Balaban J connectivity index is 1.66. The topological polar surface area (TPSA) is 52.3 Å². The van der Waals surface area contributed by atoms with Gasteiger partial charge in [-0.25, -0.2) is 4.79 Å². The molecule has 5 aromatic rings. The average Bonchev–Trinajstić information content (AvgIpc) is 2.83. The predicted octanol–water partition coefficient (Wildman–Crippen LogP) is 6.73. The van der Waals surface area contributed by atoms with Crippen molar-refractivity contribution in [1.82, 2.24) is 4.98 Å². The second-order valence-electron chi connectivity index (χ2n) is 7.66. The Morgan fingerprint density at radius 2 is 1.66 bits per heavy atom. The number of ether oxygens (including phenoxy) is 1. The Hall–Kier alpha value is -3.89. The zero-order valence-electron chi connectivity index (χ0n) is 16.8. The van der Waals surface area contributed by atoms with Crippen LogP contribution >= 0.6 is 11.6 Å². The van der Waals surface area contributed by atoms with Gasteiger partial charge < -0.3 is 9.15 Å². The van der Waals surface area contributed by atoms with Gasteiger partial charge >= 0.3 is 5.63 Å². The van der Waals surface area contributed by atoms with E-state index in [9.17, 15) is 4.79 Å². The first kappa shape index (κ1) is 18.8. The van der Waals surface area contributed by atoms with Crippen LogP contribution in [0.15, 0.2) is 94.3 Å². The highest BCUT2D eigenvalue weighted by molar-refractivity contribution is 6.31. The van der Waals surface area contributed by atoms with Crippen LogP contribution in [0.2, 0.25) is 5.02 Å². The number of halogens is 1. The molecule has 0 saturated heterocycles. The third kappa shape index (κ3) is 3.00. The third-order valence-corrected chi connectivity index (χ3v) is 5.95. The molecule has 0 unspecified atom stereocenters. The largest absolute Gasteiger partial charge is 0.488 e. The lowest BCUT2D eigenvalue weighted by atomic mass is 9.92. The highest BCUT2D eigenvalue weighted by Gasteiger charge is 2.22. The van der Waals surface area contributed by atoms with E-state index in [1.54, 1.807) is 12.1 Å². The Labute approximate surface area is 188 Å². The SMILES string of the molecule is O=c1oc2ccc(Cl)cc2c(-c2cnc3c(c2)COc2ccccc2-3)c1-c1ccccc1. The molecule has 6 rings (SSSR count). The van der Waals surface area contributed by atoms with Gasteiger partial charge in [-0.2, -0.15) is 0 Å². The maximum absolute atomic E-state index is 13.1. The smallest absolute Gasteiger partial charge is 0.344 e. The van der Waals surface area contributed by atoms with Crippen molar-refractivity contribution in [3.63, 3.8) is 0 Å². The molecule has 4 nitrogen and oxygen atoms in total. The van der Waals surface area contributed by atoms with E-state index < -0.39 is 5.63 Å². The van der Waals surface area contributed by atoms with Crippen LogP contribution in [0.4, 0.5) is 0 Å². The Bertz CT molecular complexity index is 1560. The normalized spacial score (nSPS) is 12.2. The molecule has 32 heavy (non-hydrogen) atoms. The number of hydrogen-bond donors (Lipinski definition) is 0. The van der Waals surface area contributed by atoms with Crippen molar-refractivity contribution in [3.05, 3.63) is 106 Å². The minimum absolute atomic E-state index is 0.402. The van der Waals surface area contributed by atoms with Crippen LogP contribution in [0.3, 0.4) is 0 Å². The number of hydrogen-bond acceptors (Lipinski definition) is 4. The monoisotopic (exact) mass is 437 g/mol. The highest BCUT2D eigenvalue weighted by atomic mass is 35.5. The highest BCUT2D eigenvalue weighted by Crippen LogP contribution is 2.41. The van der Waals surface area contributed by atoms with E-state index in [0.717, 1.165) is 44.6 Å². The molecule has 1 aliphatic heterocycles. The van der Waals surface area contributed by atoms with E-state index >= 15 is 0 Å². The van der Waals surface area contributed by atoms with Gasteiger partial charge in [-0.15, -0.1) is 0 Å². The summed E-state index contributed by atoms with van der Waals surface area (Å²) in [6.07, 6.45) is 1.81. The standard InChI is InChI=1S/C27H16ClNO3/c28-19-10-11-23-21(13-19)24(25(27(30)32-23)16-6-2-1-3-7-16)17-12-18-15-31-22-9-5-4-8-20(22)26(18)29-14-17/h1-14H,15H2. The molecule has 1 aliphatic rings. The number of para-hydroxylation sites is 1. The third-order valence-electron chi connectivity index (χ3n) is 5.71. The van der Waals surface area contributed by atoms with Crippen LogP contribution in [-0.4, -0.2) is 4.98 Å². The minimum Gasteiger partial charge on any atom is -0.488 e. The van der Waals surface area contributed by atoms with E-state index in [1.807, 2.05) is 72.9 Å². The molecule has 0 amide bonds. The molecule has 0 atom stereocenters. The van der Waals surface area contributed by atoms with Crippen molar-refractivity contribution in [1.29, 1.82) is 0 Å². The maximum Gasteiger partial charge on any atom is 0.344 e. The summed E-state index contributed by atoms with van der Waals surface area (Å²) in [7, 11) is 0. The molecular weight excluding hydrogens is 422 g/mol. The Morgan fingerprint density at radius 3 is 2.53 bits per heavy atom. The molecule has 3 aromatic carbocycles. The zero-order valence-corrected chi connectivity index (χ0v) is 17.6. The van der Waals surface area contributed by atoms with Crippen LogP contribution in [0.5, 0.6) is 5.75 Å². The van der Waals surface area contributed by atoms with Gasteiger partial charge in [-0.1, -0.05) is 54.1 Å². The molecule has 3 heterocycles. The molecule has 0 radical (unpaired) electrons. The maximum atomic E-state index is 13.1. The van der Waals surface area contributed by atoms with Crippen LogP contribution in [0.25, 0.3) is 44.5 Å². The van der Waals surface area contributed by atoms with Gasteiger partial charge in [0.25, 0.3) is 0 Å².